The summed E-state index contributed by atoms with van der Waals surface area (Å²) in [6.07, 6.45) is 1.66. The summed E-state index contributed by atoms with van der Waals surface area (Å²) in [4.78, 5) is 12.9. The molecule has 102 valence electrons. The summed E-state index contributed by atoms with van der Waals surface area (Å²) in [7, 11) is 0. The van der Waals surface area contributed by atoms with Crippen molar-refractivity contribution in [3.63, 3.8) is 0 Å². The van der Waals surface area contributed by atoms with E-state index in [0.29, 0.717) is 11.6 Å². The Labute approximate surface area is 124 Å². The van der Waals surface area contributed by atoms with Gasteiger partial charge in [0, 0.05) is 28.6 Å². The van der Waals surface area contributed by atoms with E-state index in [9.17, 15) is 15.2 Å². The lowest BCUT2D eigenvalue weighted by Gasteiger charge is -2.20. The van der Waals surface area contributed by atoms with E-state index in [1.165, 1.54) is 0 Å². The Hall–Kier alpha value is -0.890. The molecule has 1 aromatic carbocycles. The van der Waals surface area contributed by atoms with Crippen LogP contribution in [0.2, 0.25) is 0 Å². The summed E-state index contributed by atoms with van der Waals surface area (Å²) in [6, 6.07) is 5.33. The molecule has 1 heterocycles. The van der Waals surface area contributed by atoms with E-state index < -0.39 is 0 Å². The van der Waals surface area contributed by atoms with Crippen molar-refractivity contribution in [1.29, 1.82) is 0 Å². The van der Waals surface area contributed by atoms with Crippen molar-refractivity contribution in [3.8, 4) is 0 Å². The average molecular weight is 374 g/mol. The SMILES string of the molecule is O=[N+]([O-])c1cc(I)ccc1N1CC2CCC(O)C2C1. The van der Waals surface area contributed by atoms with Gasteiger partial charge in [-0.3, -0.25) is 10.1 Å². The normalized spacial score (nSPS) is 29.6. The van der Waals surface area contributed by atoms with Gasteiger partial charge in [0.25, 0.3) is 5.69 Å². The molecule has 2 fully saturated rings. The quantitative estimate of drug-likeness (QED) is 0.491. The zero-order valence-electron chi connectivity index (χ0n) is 10.3. The molecule has 1 aliphatic carbocycles. The fourth-order valence-electron chi connectivity index (χ4n) is 3.34. The minimum atomic E-state index is -0.317. The number of rotatable bonds is 2. The number of nitro groups is 1. The van der Waals surface area contributed by atoms with Gasteiger partial charge in [0.05, 0.1) is 11.0 Å². The standard InChI is InChI=1S/C13H15IN2O3/c14-9-2-3-11(12(5-9)16(18)19)15-6-8-1-4-13(17)10(8)7-15/h2-3,5,8,10,13,17H,1,4,6-7H2. The summed E-state index contributed by atoms with van der Waals surface area (Å²) in [6.45, 7) is 1.55. The molecule has 3 atom stereocenters. The molecule has 5 nitrogen and oxygen atoms in total. The van der Waals surface area contributed by atoms with E-state index in [-0.39, 0.29) is 22.6 Å². The van der Waals surface area contributed by atoms with Crippen LogP contribution in [0.15, 0.2) is 18.2 Å². The molecule has 1 aliphatic heterocycles. The Kier molecular flexibility index (Phi) is 3.38. The highest BCUT2D eigenvalue weighted by Gasteiger charge is 2.43. The van der Waals surface area contributed by atoms with Gasteiger partial charge in [-0.05, 0) is 53.5 Å². The Morgan fingerprint density at radius 2 is 2.16 bits per heavy atom. The van der Waals surface area contributed by atoms with Crippen LogP contribution < -0.4 is 4.90 Å². The van der Waals surface area contributed by atoms with Crippen LogP contribution in [0, 0.1) is 25.5 Å². The van der Waals surface area contributed by atoms with Crippen molar-refractivity contribution >= 4 is 34.0 Å². The number of aliphatic hydroxyl groups is 1. The highest BCUT2D eigenvalue weighted by Crippen LogP contribution is 2.42. The molecule has 2 aliphatic rings. The van der Waals surface area contributed by atoms with Crippen LogP contribution >= 0.6 is 22.6 Å². The first-order valence-corrected chi connectivity index (χ1v) is 7.51. The zero-order valence-corrected chi connectivity index (χ0v) is 12.5. The number of halogens is 1. The largest absolute Gasteiger partial charge is 0.393 e. The molecule has 0 amide bonds. The first kappa shape index (κ1) is 13.1. The molecule has 19 heavy (non-hydrogen) atoms. The van der Waals surface area contributed by atoms with Crippen LogP contribution in [0.1, 0.15) is 12.8 Å². The summed E-state index contributed by atoms with van der Waals surface area (Å²) in [5.74, 6) is 0.757. The van der Waals surface area contributed by atoms with Gasteiger partial charge >= 0.3 is 0 Å². The van der Waals surface area contributed by atoms with Crippen LogP contribution in [0.4, 0.5) is 11.4 Å². The lowest BCUT2D eigenvalue weighted by molar-refractivity contribution is -0.384. The molecule has 3 rings (SSSR count). The second-order valence-electron chi connectivity index (χ2n) is 5.36. The first-order chi connectivity index (χ1) is 9.06. The van der Waals surface area contributed by atoms with E-state index in [1.54, 1.807) is 6.07 Å². The lowest BCUT2D eigenvalue weighted by Crippen LogP contribution is -2.25. The van der Waals surface area contributed by atoms with Gasteiger partial charge in [0.15, 0.2) is 0 Å². The van der Waals surface area contributed by atoms with Crippen LogP contribution in [0.5, 0.6) is 0 Å². The second kappa shape index (κ2) is 4.90. The van der Waals surface area contributed by atoms with Crippen LogP contribution in [-0.4, -0.2) is 29.2 Å². The number of benzene rings is 1. The lowest BCUT2D eigenvalue weighted by atomic mass is 10.00. The summed E-state index contributed by atoms with van der Waals surface area (Å²) >= 11 is 2.09. The van der Waals surface area contributed by atoms with Crippen molar-refractivity contribution in [3.05, 3.63) is 31.9 Å². The molecule has 1 saturated carbocycles. The molecule has 0 bridgehead atoms. The van der Waals surface area contributed by atoms with Crippen molar-refractivity contribution in [2.75, 3.05) is 18.0 Å². The van der Waals surface area contributed by atoms with Crippen molar-refractivity contribution < 1.29 is 10.0 Å². The highest BCUT2D eigenvalue weighted by molar-refractivity contribution is 14.1. The van der Waals surface area contributed by atoms with Gasteiger partial charge in [0.1, 0.15) is 5.69 Å². The Morgan fingerprint density at radius 3 is 2.84 bits per heavy atom. The molecular formula is C13H15IN2O3. The van der Waals surface area contributed by atoms with E-state index in [2.05, 4.69) is 27.5 Å². The average Bonchev–Trinajstić information content (AvgIpc) is 2.92. The minimum absolute atomic E-state index is 0.168. The van der Waals surface area contributed by atoms with Crippen LogP contribution in [-0.2, 0) is 0 Å². The molecule has 0 radical (unpaired) electrons. The van der Waals surface area contributed by atoms with Crippen molar-refractivity contribution in [2.45, 2.75) is 18.9 Å². The number of hydrogen-bond acceptors (Lipinski definition) is 4. The van der Waals surface area contributed by atoms with Gasteiger partial charge in [-0.25, -0.2) is 0 Å². The molecule has 6 heteroatoms. The Balaban J connectivity index is 1.90. The minimum Gasteiger partial charge on any atom is -0.393 e. The molecule has 1 aromatic rings. The summed E-state index contributed by atoms with van der Waals surface area (Å²) < 4.78 is 0.868. The van der Waals surface area contributed by atoms with E-state index in [4.69, 9.17) is 0 Å². The van der Waals surface area contributed by atoms with Gasteiger partial charge in [0.2, 0.25) is 0 Å². The third-order valence-electron chi connectivity index (χ3n) is 4.29. The smallest absolute Gasteiger partial charge is 0.293 e. The number of fused-ring (bicyclic) bond motifs is 1. The number of aliphatic hydroxyl groups excluding tert-OH is 1. The molecule has 1 saturated heterocycles. The summed E-state index contributed by atoms with van der Waals surface area (Å²) in [5.41, 5.74) is 0.855. The predicted molar refractivity (Wildman–Crippen MR) is 80.2 cm³/mol. The van der Waals surface area contributed by atoms with E-state index >= 15 is 0 Å². The highest BCUT2D eigenvalue weighted by atomic mass is 127. The molecular weight excluding hydrogens is 359 g/mol. The molecule has 1 N–H and O–H groups in total. The summed E-state index contributed by atoms with van der Waals surface area (Å²) in [5, 5.41) is 21.1. The first-order valence-electron chi connectivity index (χ1n) is 6.43. The predicted octanol–water partition coefficient (Wildman–Crippen LogP) is 2.41. The van der Waals surface area contributed by atoms with Gasteiger partial charge in [-0.2, -0.15) is 0 Å². The topological polar surface area (TPSA) is 66.6 Å². The number of anilines is 1. The maximum atomic E-state index is 11.2. The Morgan fingerprint density at radius 1 is 1.37 bits per heavy atom. The fourth-order valence-corrected chi connectivity index (χ4v) is 3.82. The molecule has 0 aromatic heterocycles. The monoisotopic (exact) mass is 374 g/mol. The second-order valence-corrected chi connectivity index (χ2v) is 6.61. The number of hydrogen-bond donors (Lipinski definition) is 1. The van der Waals surface area contributed by atoms with Crippen LogP contribution in [0.3, 0.4) is 0 Å². The third kappa shape index (κ3) is 2.31. The van der Waals surface area contributed by atoms with E-state index in [0.717, 1.165) is 29.5 Å². The van der Waals surface area contributed by atoms with Gasteiger partial charge < -0.3 is 10.0 Å². The van der Waals surface area contributed by atoms with Crippen molar-refractivity contribution in [1.82, 2.24) is 0 Å². The molecule has 0 spiro atoms. The van der Waals surface area contributed by atoms with Gasteiger partial charge in [-0.15, -0.1) is 0 Å². The third-order valence-corrected chi connectivity index (χ3v) is 4.96. The number of nitrogens with zero attached hydrogens (tertiary/aromatic N) is 2. The van der Waals surface area contributed by atoms with Gasteiger partial charge in [-0.1, -0.05) is 0 Å². The fraction of sp³-hybridized carbons (Fsp3) is 0.538. The van der Waals surface area contributed by atoms with Crippen LogP contribution in [0.25, 0.3) is 0 Å². The van der Waals surface area contributed by atoms with Crippen molar-refractivity contribution in [2.24, 2.45) is 11.8 Å². The van der Waals surface area contributed by atoms with E-state index in [1.807, 2.05) is 12.1 Å². The Bertz CT molecular complexity index is 523. The maximum absolute atomic E-state index is 11.2. The molecule has 3 unspecified atom stereocenters. The maximum Gasteiger partial charge on any atom is 0.293 e. The number of nitro benzene ring substituents is 1. The zero-order chi connectivity index (χ0) is 13.6.